The normalized spacial score (nSPS) is 10.6. The molecule has 0 saturated heterocycles. The first-order valence-corrected chi connectivity index (χ1v) is 10.5. The van der Waals surface area contributed by atoms with Gasteiger partial charge in [-0.3, -0.25) is 4.79 Å². The first-order chi connectivity index (χ1) is 15.4. The fourth-order valence-electron chi connectivity index (χ4n) is 2.48. The molecular formula is C23H18BrClN2O5. The number of hydrazone groups is 1. The predicted molar refractivity (Wildman–Crippen MR) is 125 cm³/mol. The molecule has 0 unspecified atom stereocenters. The smallest absolute Gasteiger partial charge is 0.343 e. The Morgan fingerprint density at radius 1 is 1.03 bits per heavy atom. The number of rotatable bonds is 8. The summed E-state index contributed by atoms with van der Waals surface area (Å²) >= 11 is 9.21. The van der Waals surface area contributed by atoms with E-state index in [-0.39, 0.29) is 12.4 Å². The third kappa shape index (κ3) is 6.83. The van der Waals surface area contributed by atoms with Crippen LogP contribution in [0.25, 0.3) is 0 Å². The zero-order valence-corrected chi connectivity index (χ0v) is 19.2. The maximum atomic E-state index is 12.4. The summed E-state index contributed by atoms with van der Waals surface area (Å²) in [6, 6.07) is 18.2. The van der Waals surface area contributed by atoms with E-state index in [1.165, 1.54) is 6.21 Å². The van der Waals surface area contributed by atoms with Crippen molar-refractivity contribution in [2.75, 3.05) is 13.7 Å². The van der Waals surface area contributed by atoms with E-state index in [0.29, 0.717) is 27.6 Å². The van der Waals surface area contributed by atoms with Crippen LogP contribution in [0.3, 0.4) is 0 Å². The summed E-state index contributed by atoms with van der Waals surface area (Å²) in [5.74, 6) is 0.490. The predicted octanol–water partition coefficient (Wildman–Crippen LogP) is 4.86. The Kier molecular flexibility index (Phi) is 8.24. The van der Waals surface area contributed by atoms with Crippen LogP contribution in [-0.4, -0.2) is 31.8 Å². The van der Waals surface area contributed by atoms with E-state index in [1.807, 2.05) is 0 Å². The van der Waals surface area contributed by atoms with E-state index in [1.54, 1.807) is 73.8 Å². The minimum atomic E-state index is -0.546. The first kappa shape index (κ1) is 23.3. The van der Waals surface area contributed by atoms with Crippen LogP contribution < -0.4 is 19.6 Å². The average molecular weight is 518 g/mol. The second kappa shape index (κ2) is 11.3. The topological polar surface area (TPSA) is 86.2 Å². The van der Waals surface area contributed by atoms with Gasteiger partial charge in [0.25, 0.3) is 5.91 Å². The van der Waals surface area contributed by atoms with Gasteiger partial charge >= 0.3 is 5.97 Å². The Hall–Kier alpha value is -3.36. The number of methoxy groups -OCH3 is 1. The fraction of sp³-hybridized carbons (Fsp3) is 0.0870. The van der Waals surface area contributed by atoms with Gasteiger partial charge in [0, 0.05) is 15.1 Å². The summed E-state index contributed by atoms with van der Waals surface area (Å²) in [7, 11) is 1.57. The summed E-state index contributed by atoms with van der Waals surface area (Å²) in [4.78, 5) is 24.4. The van der Waals surface area contributed by atoms with Gasteiger partial charge in [-0.1, -0.05) is 27.5 Å². The number of hydrogen-bond acceptors (Lipinski definition) is 6. The maximum absolute atomic E-state index is 12.4. The van der Waals surface area contributed by atoms with Crippen molar-refractivity contribution in [3.05, 3.63) is 87.4 Å². The van der Waals surface area contributed by atoms with Gasteiger partial charge in [-0.25, -0.2) is 10.2 Å². The zero-order valence-electron chi connectivity index (χ0n) is 16.9. The Morgan fingerprint density at radius 2 is 1.72 bits per heavy atom. The molecule has 0 fully saturated rings. The second-order valence-corrected chi connectivity index (χ2v) is 7.69. The summed E-state index contributed by atoms with van der Waals surface area (Å²) in [6.07, 6.45) is 1.38. The lowest BCUT2D eigenvalue weighted by molar-refractivity contribution is -0.123. The first-order valence-electron chi connectivity index (χ1n) is 9.30. The van der Waals surface area contributed by atoms with Gasteiger partial charge in [0.2, 0.25) is 0 Å². The highest BCUT2D eigenvalue weighted by atomic mass is 79.9. The molecule has 0 spiro atoms. The lowest BCUT2D eigenvalue weighted by atomic mass is 10.2. The van der Waals surface area contributed by atoms with Crippen molar-refractivity contribution in [2.24, 2.45) is 5.10 Å². The maximum Gasteiger partial charge on any atom is 0.343 e. The van der Waals surface area contributed by atoms with Crippen LogP contribution in [-0.2, 0) is 4.79 Å². The molecule has 7 nitrogen and oxygen atoms in total. The van der Waals surface area contributed by atoms with Crippen LogP contribution in [0, 0.1) is 0 Å². The molecule has 0 radical (unpaired) electrons. The van der Waals surface area contributed by atoms with Crippen molar-refractivity contribution >= 4 is 45.6 Å². The highest BCUT2D eigenvalue weighted by molar-refractivity contribution is 9.10. The Bertz CT molecular complexity index is 1120. The number of halogens is 2. The van der Waals surface area contributed by atoms with E-state index in [0.717, 1.165) is 4.47 Å². The molecule has 0 heterocycles. The molecule has 1 amide bonds. The second-order valence-electron chi connectivity index (χ2n) is 6.34. The molecule has 1 N–H and O–H groups in total. The number of benzene rings is 3. The van der Waals surface area contributed by atoms with Gasteiger partial charge < -0.3 is 14.2 Å². The van der Waals surface area contributed by atoms with Gasteiger partial charge in [-0.2, -0.15) is 5.10 Å². The summed E-state index contributed by atoms with van der Waals surface area (Å²) in [5.41, 5.74) is 3.21. The lowest BCUT2D eigenvalue weighted by Gasteiger charge is -2.08. The van der Waals surface area contributed by atoms with Gasteiger partial charge in [-0.15, -0.1) is 0 Å². The number of ether oxygens (including phenoxy) is 3. The van der Waals surface area contributed by atoms with Crippen molar-refractivity contribution < 1.29 is 23.8 Å². The minimum absolute atomic E-state index is 0.222. The summed E-state index contributed by atoms with van der Waals surface area (Å²) < 4.78 is 16.7. The van der Waals surface area contributed by atoms with Crippen molar-refractivity contribution in [3.63, 3.8) is 0 Å². The third-order valence-electron chi connectivity index (χ3n) is 4.08. The molecule has 9 heteroatoms. The van der Waals surface area contributed by atoms with E-state index < -0.39 is 11.9 Å². The standard InChI is InChI=1S/C23H18BrClN2O5/c1-30-19-7-9-20(10-8-19)31-14-22(28)27-26-13-16-12-17(24)4-11-21(16)32-23(29)15-2-5-18(25)6-3-15/h2-13H,14H2,1H3,(H,27,28)/b26-13+. The fourth-order valence-corrected chi connectivity index (χ4v) is 2.99. The molecule has 0 aliphatic rings. The van der Waals surface area contributed by atoms with E-state index in [4.69, 9.17) is 25.8 Å². The SMILES string of the molecule is COc1ccc(OCC(=O)N/N=C/c2cc(Br)ccc2OC(=O)c2ccc(Cl)cc2)cc1. The molecule has 0 aliphatic heterocycles. The van der Waals surface area contributed by atoms with Gasteiger partial charge in [0.15, 0.2) is 6.61 Å². The Morgan fingerprint density at radius 3 is 2.41 bits per heavy atom. The molecule has 0 atom stereocenters. The Labute approximate surface area is 198 Å². The minimum Gasteiger partial charge on any atom is -0.497 e. The highest BCUT2D eigenvalue weighted by Gasteiger charge is 2.12. The number of carbonyl (C=O) groups excluding carboxylic acids is 2. The number of nitrogens with zero attached hydrogens (tertiary/aromatic N) is 1. The molecule has 3 rings (SSSR count). The van der Waals surface area contributed by atoms with Crippen LogP contribution in [0.1, 0.15) is 15.9 Å². The highest BCUT2D eigenvalue weighted by Crippen LogP contribution is 2.23. The van der Waals surface area contributed by atoms with Crippen LogP contribution >= 0.6 is 27.5 Å². The summed E-state index contributed by atoms with van der Waals surface area (Å²) in [6.45, 7) is -0.222. The molecule has 32 heavy (non-hydrogen) atoms. The molecule has 0 aromatic heterocycles. The number of esters is 1. The van der Waals surface area contributed by atoms with Gasteiger partial charge in [0.05, 0.1) is 18.9 Å². The number of amides is 1. The van der Waals surface area contributed by atoms with Crippen molar-refractivity contribution in [3.8, 4) is 17.2 Å². The lowest BCUT2D eigenvalue weighted by Crippen LogP contribution is -2.24. The van der Waals surface area contributed by atoms with Gasteiger partial charge in [0.1, 0.15) is 17.2 Å². The van der Waals surface area contributed by atoms with Crippen molar-refractivity contribution in [1.82, 2.24) is 5.43 Å². The van der Waals surface area contributed by atoms with E-state index in [2.05, 4.69) is 26.5 Å². The van der Waals surface area contributed by atoms with Crippen LogP contribution in [0.2, 0.25) is 5.02 Å². The molecule has 3 aromatic carbocycles. The molecular weight excluding hydrogens is 500 g/mol. The molecule has 164 valence electrons. The number of hydrogen-bond donors (Lipinski definition) is 1. The monoisotopic (exact) mass is 516 g/mol. The molecule has 3 aromatic rings. The Balaban J connectivity index is 1.59. The van der Waals surface area contributed by atoms with Crippen molar-refractivity contribution in [1.29, 1.82) is 0 Å². The van der Waals surface area contributed by atoms with Crippen LogP contribution in [0.15, 0.2) is 76.3 Å². The van der Waals surface area contributed by atoms with E-state index >= 15 is 0 Å². The quantitative estimate of drug-likeness (QED) is 0.200. The van der Waals surface area contributed by atoms with Crippen LogP contribution in [0.4, 0.5) is 0 Å². The van der Waals surface area contributed by atoms with E-state index in [9.17, 15) is 9.59 Å². The zero-order chi connectivity index (χ0) is 22.9. The number of nitrogens with one attached hydrogen (secondary N) is 1. The van der Waals surface area contributed by atoms with Crippen LogP contribution in [0.5, 0.6) is 17.2 Å². The largest absolute Gasteiger partial charge is 0.497 e. The molecule has 0 aliphatic carbocycles. The average Bonchev–Trinajstić information content (AvgIpc) is 2.80. The van der Waals surface area contributed by atoms with Crippen molar-refractivity contribution in [2.45, 2.75) is 0 Å². The molecule has 0 saturated carbocycles. The third-order valence-corrected chi connectivity index (χ3v) is 4.82. The van der Waals surface area contributed by atoms with Gasteiger partial charge in [-0.05, 0) is 66.7 Å². The summed E-state index contributed by atoms with van der Waals surface area (Å²) in [5, 5.41) is 4.44. The number of carbonyl (C=O) groups is 2. The molecule has 0 bridgehead atoms.